The first-order valence-corrected chi connectivity index (χ1v) is 8.72. The number of carbonyl (C=O) groups is 1. The van der Waals surface area contributed by atoms with E-state index in [0.29, 0.717) is 5.75 Å². The van der Waals surface area contributed by atoms with Gasteiger partial charge in [-0.1, -0.05) is 24.3 Å². The zero-order chi connectivity index (χ0) is 17.8. The van der Waals surface area contributed by atoms with Crippen LogP contribution in [0.15, 0.2) is 36.4 Å². The van der Waals surface area contributed by atoms with Crippen molar-refractivity contribution < 1.29 is 14.3 Å². The molecule has 1 aliphatic heterocycles. The highest BCUT2D eigenvalue weighted by Crippen LogP contribution is 2.32. The highest BCUT2D eigenvalue weighted by atomic mass is 16.5. The molecule has 3 rings (SSSR count). The van der Waals surface area contributed by atoms with Crippen LogP contribution in [-0.2, 0) is 16.1 Å². The van der Waals surface area contributed by atoms with Gasteiger partial charge in [-0.05, 0) is 53.8 Å². The molecular weight excluding hydrogens is 314 g/mol. The van der Waals surface area contributed by atoms with Crippen LogP contribution >= 0.6 is 0 Å². The predicted molar refractivity (Wildman–Crippen MR) is 98.8 cm³/mol. The molecule has 2 aromatic rings. The van der Waals surface area contributed by atoms with Crippen molar-refractivity contribution in [2.45, 2.75) is 27.3 Å². The normalized spacial score (nSPS) is 15.2. The molecule has 0 atom stereocenters. The summed E-state index contributed by atoms with van der Waals surface area (Å²) in [6, 6.07) is 12.7. The van der Waals surface area contributed by atoms with Gasteiger partial charge < -0.3 is 9.47 Å². The zero-order valence-corrected chi connectivity index (χ0v) is 15.2. The molecule has 132 valence electrons. The average Bonchev–Trinajstić information content (AvgIpc) is 2.59. The standard InChI is InChI=1S/C21H25NO3/c1-15-12-19(13-16(2)21(15)25-17(3)23)20-7-5-4-6-18(20)14-22-8-10-24-11-9-22/h4-7,12-13H,8-11,14H2,1-3H3. The van der Waals surface area contributed by atoms with Gasteiger partial charge >= 0.3 is 5.97 Å². The van der Waals surface area contributed by atoms with Crippen LogP contribution < -0.4 is 4.74 Å². The van der Waals surface area contributed by atoms with Gasteiger partial charge in [0.1, 0.15) is 5.75 Å². The van der Waals surface area contributed by atoms with Crippen molar-refractivity contribution in [3.05, 3.63) is 53.1 Å². The molecule has 0 unspecified atom stereocenters. The van der Waals surface area contributed by atoms with Crippen molar-refractivity contribution in [3.63, 3.8) is 0 Å². The number of nitrogens with zero attached hydrogens (tertiary/aromatic N) is 1. The summed E-state index contributed by atoms with van der Waals surface area (Å²) in [5.74, 6) is 0.383. The monoisotopic (exact) mass is 339 g/mol. The van der Waals surface area contributed by atoms with Gasteiger partial charge in [-0.2, -0.15) is 0 Å². The van der Waals surface area contributed by atoms with E-state index in [9.17, 15) is 4.79 Å². The fraction of sp³-hybridized carbons (Fsp3) is 0.381. The van der Waals surface area contributed by atoms with E-state index in [1.807, 2.05) is 13.8 Å². The Kier molecular flexibility index (Phi) is 5.51. The number of morpholine rings is 1. The second kappa shape index (κ2) is 7.81. The van der Waals surface area contributed by atoms with E-state index in [4.69, 9.17) is 9.47 Å². The van der Waals surface area contributed by atoms with Crippen molar-refractivity contribution in [2.75, 3.05) is 26.3 Å². The Morgan fingerprint density at radius 2 is 1.76 bits per heavy atom. The molecule has 4 nitrogen and oxygen atoms in total. The number of aryl methyl sites for hydroxylation is 2. The topological polar surface area (TPSA) is 38.8 Å². The molecular formula is C21H25NO3. The van der Waals surface area contributed by atoms with Crippen LogP contribution in [0.2, 0.25) is 0 Å². The predicted octanol–water partition coefficient (Wildman–Crippen LogP) is 3.73. The third-order valence-electron chi connectivity index (χ3n) is 4.53. The number of carbonyl (C=O) groups excluding carboxylic acids is 1. The summed E-state index contributed by atoms with van der Waals surface area (Å²) >= 11 is 0. The van der Waals surface area contributed by atoms with Gasteiger partial charge in [0.2, 0.25) is 0 Å². The van der Waals surface area contributed by atoms with Crippen molar-refractivity contribution in [3.8, 4) is 16.9 Å². The quantitative estimate of drug-likeness (QED) is 0.628. The largest absolute Gasteiger partial charge is 0.426 e. The summed E-state index contributed by atoms with van der Waals surface area (Å²) in [6.07, 6.45) is 0. The highest BCUT2D eigenvalue weighted by Gasteiger charge is 2.15. The van der Waals surface area contributed by atoms with Crippen LogP contribution in [-0.4, -0.2) is 37.2 Å². The maximum atomic E-state index is 11.3. The number of hydrogen-bond acceptors (Lipinski definition) is 4. The Labute approximate surface area is 149 Å². The van der Waals surface area contributed by atoms with Crippen LogP contribution in [0.3, 0.4) is 0 Å². The lowest BCUT2D eigenvalue weighted by atomic mass is 9.95. The summed E-state index contributed by atoms with van der Waals surface area (Å²) < 4.78 is 10.8. The highest BCUT2D eigenvalue weighted by molar-refractivity contribution is 5.74. The number of ether oxygens (including phenoxy) is 2. The van der Waals surface area contributed by atoms with E-state index in [2.05, 4.69) is 41.3 Å². The van der Waals surface area contributed by atoms with Gasteiger partial charge in [-0.3, -0.25) is 9.69 Å². The molecule has 1 fully saturated rings. The summed E-state index contributed by atoms with van der Waals surface area (Å²) in [5.41, 5.74) is 5.66. The first kappa shape index (κ1) is 17.6. The Morgan fingerprint density at radius 1 is 1.12 bits per heavy atom. The molecule has 0 N–H and O–H groups in total. The second-order valence-corrected chi connectivity index (χ2v) is 6.58. The lowest BCUT2D eigenvalue weighted by molar-refractivity contribution is -0.131. The van der Waals surface area contributed by atoms with Crippen LogP contribution in [0.1, 0.15) is 23.6 Å². The molecule has 1 aliphatic rings. The molecule has 4 heteroatoms. The van der Waals surface area contributed by atoms with E-state index < -0.39 is 0 Å². The maximum absolute atomic E-state index is 11.3. The third-order valence-corrected chi connectivity index (χ3v) is 4.53. The van der Waals surface area contributed by atoms with E-state index in [0.717, 1.165) is 49.5 Å². The van der Waals surface area contributed by atoms with E-state index >= 15 is 0 Å². The summed E-state index contributed by atoms with van der Waals surface area (Å²) in [4.78, 5) is 13.7. The van der Waals surface area contributed by atoms with Crippen LogP contribution in [0.5, 0.6) is 5.75 Å². The van der Waals surface area contributed by atoms with Gasteiger partial charge in [-0.15, -0.1) is 0 Å². The van der Waals surface area contributed by atoms with Crippen molar-refractivity contribution in [2.24, 2.45) is 0 Å². The smallest absolute Gasteiger partial charge is 0.308 e. The molecule has 25 heavy (non-hydrogen) atoms. The molecule has 0 spiro atoms. The minimum absolute atomic E-state index is 0.285. The fourth-order valence-corrected chi connectivity index (χ4v) is 3.35. The Morgan fingerprint density at radius 3 is 2.40 bits per heavy atom. The fourth-order valence-electron chi connectivity index (χ4n) is 3.35. The van der Waals surface area contributed by atoms with Crippen molar-refractivity contribution in [1.29, 1.82) is 0 Å². The van der Waals surface area contributed by atoms with Gasteiger partial charge in [0.25, 0.3) is 0 Å². The zero-order valence-electron chi connectivity index (χ0n) is 15.2. The molecule has 1 heterocycles. The van der Waals surface area contributed by atoms with E-state index in [-0.39, 0.29) is 5.97 Å². The summed E-state index contributed by atoms with van der Waals surface area (Å²) in [6.45, 7) is 9.87. The molecule has 2 aromatic carbocycles. The van der Waals surface area contributed by atoms with Gasteiger partial charge in [-0.25, -0.2) is 0 Å². The molecule has 0 aliphatic carbocycles. The minimum Gasteiger partial charge on any atom is -0.426 e. The molecule has 0 saturated carbocycles. The molecule has 0 amide bonds. The molecule has 0 radical (unpaired) electrons. The van der Waals surface area contributed by atoms with E-state index in [1.165, 1.54) is 18.1 Å². The Hall–Kier alpha value is -2.17. The number of hydrogen-bond donors (Lipinski definition) is 0. The molecule has 0 aromatic heterocycles. The number of benzene rings is 2. The van der Waals surface area contributed by atoms with Crippen LogP contribution in [0.4, 0.5) is 0 Å². The van der Waals surface area contributed by atoms with Crippen LogP contribution in [0.25, 0.3) is 11.1 Å². The second-order valence-electron chi connectivity index (χ2n) is 6.58. The third kappa shape index (κ3) is 4.27. The maximum Gasteiger partial charge on any atom is 0.308 e. The van der Waals surface area contributed by atoms with Crippen molar-refractivity contribution >= 4 is 5.97 Å². The van der Waals surface area contributed by atoms with Gasteiger partial charge in [0.15, 0.2) is 0 Å². The number of esters is 1. The number of rotatable bonds is 4. The van der Waals surface area contributed by atoms with Gasteiger partial charge in [0.05, 0.1) is 13.2 Å². The first-order chi connectivity index (χ1) is 12.0. The van der Waals surface area contributed by atoms with E-state index in [1.54, 1.807) is 0 Å². The lowest BCUT2D eigenvalue weighted by Gasteiger charge is -2.27. The lowest BCUT2D eigenvalue weighted by Crippen LogP contribution is -2.35. The molecule has 1 saturated heterocycles. The van der Waals surface area contributed by atoms with Crippen molar-refractivity contribution in [1.82, 2.24) is 4.90 Å². The molecule has 0 bridgehead atoms. The first-order valence-electron chi connectivity index (χ1n) is 8.72. The van der Waals surface area contributed by atoms with Gasteiger partial charge in [0, 0.05) is 26.6 Å². The summed E-state index contributed by atoms with van der Waals surface area (Å²) in [5, 5.41) is 0. The van der Waals surface area contributed by atoms with Crippen LogP contribution in [0, 0.1) is 13.8 Å². The minimum atomic E-state index is -0.285. The Bertz CT molecular complexity index is 740. The Balaban J connectivity index is 1.92. The average molecular weight is 339 g/mol. The SMILES string of the molecule is CC(=O)Oc1c(C)cc(-c2ccccc2CN2CCOCC2)cc1C. The summed E-state index contributed by atoms with van der Waals surface area (Å²) in [7, 11) is 0.